The molecule has 0 aromatic rings. The number of Topliss-reactive ketones (excluding diaryl/α,β-unsaturated/α-hetero) is 1. The fourth-order valence-corrected chi connectivity index (χ4v) is 6.27. The largest absolute Gasteiger partial charge is 0.469 e. The van der Waals surface area contributed by atoms with Crippen LogP contribution in [0.1, 0.15) is 136 Å². The van der Waals surface area contributed by atoms with E-state index in [2.05, 4.69) is 25.3 Å². The molecule has 1 fully saturated rings. The van der Waals surface area contributed by atoms with Gasteiger partial charge in [0.15, 0.2) is 6.10 Å². The summed E-state index contributed by atoms with van der Waals surface area (Å²) in [7, 11) is -4.85. The molecule has 1 saturated carbocycles. The first-order chi connectivity index (χ1) is 22.7. The summed E-state index contributed by atoms with van der Waals surface area (Å²) < 4.78 is 26.1. The molecule has 0 spiro atoms. The fraction of sp³-hybridized carbons (Fsp3) is 0.857. The van der Waals surface area contributed by atoms with Crippen LogP contribution < -0.4 is 0 Å². The highest BCUT2D eigenvalue weighted by molar-refractivity contribution is 7.46. The number of aliphatic hydroxyl groups is 3. The van der Waals surface area contributed by atoms with Crippen LogP contribution in [0.5, 0.6) is 0 Å². The molecule has 48 heavy (non-hydrogen) atoms. The maximum atomic E-state index is 12.7. The van der Waals surface area contributed by atoms with Crippen LogP contribution in [0, 0.1) is 17.8 Å². The van der Waals surface area contributed by atoms with E-state index in [0.717, 1.165) is 38.5 Å². The first kappa shape index (κ1) is 44.4. The Labute approximate surface area is 287 Å². The van der Waals surface area contributed by atoms with Crippen LogP contribution in [0.15, 0.2) is 12.2 Å². The Hall–Kier alpha value is -1.66. The number of phosphoric ester groups is 1. The summed E-state index contributed by atoms with van der Waals surface area (Å²) in [6.45, 7) is 5.44. The number of esters is 2. The lowest BCUT2D eigenvalue weighted by molar-refractivity contribution is -0.161. The molecule has 0 aromatic carbocycles. The molecule has 0 amide bonds. The maximum absolute atomic E-state index is 12.7. The number of phosphoric acid groups is 1. The van der Waals surface area contributed by atoms with Gasteiger partial charge in [-0.15, -0.1) is 0 Å². The van der Waals surface area contributed by atoms with Gasteiger partial charge in [0.05, 0.1) is 24.9 Å². The minimum absolute atomic E-state index is 0.0645. The Morgan fingerprint density at radius 1 is 0.812 bits per heavy atom. The van der Waals surface area contributed by atoms with Gasteiger partial charge in [-0.1, -0.05) is 90.7 Å². The number of carbonyl (C=O) groups is 3. The van der Waals surface area contributed by atoms with Gasteiger partial charge in [-0.25, -0.2) is 4.57 Å². The number of ether oxygens (including phenoxy) is 2. The second-order valence-corrected chi connectivity index (χ2v) is 14.9. The molecule has 0 radical (unpaired) electrons. The van der Waals surface area contributed by atoms with Gasteiger partial charge in [0, 0.05) is 43.9 Å². The van der Waals surface area contributed by atoms with E-state index in [9.17, 15) is 34.3 Å². The molecule has 12 nitrogen and oxygen atoms in total. The van der Waals surface area contributed by atoms with Gasteiger partial charge in [-0.2, -0.15) is 0 Å². The summed E-state index contributed by atoms with van der Waals surface area (Å²) in [5.41, 5.74) is 0. The maximum Gasteiger partial charge on any atom is 0.469 e. The lowest BCUT2D eigenvalue weighted by atomic mass is 9.87. The highest BCUT2D eigenvalue weighted by Gasteiger charge is 2.41. The lowest BCUT2D eigenvalue weighted by Gasteiger charge is -2.20. The Kier molecular flexibility index (Phi) is 23.4. The van der Waals surface area contributed by atoms with Gasteiger partial charge in [0.1, 0.15) is 12.4 Å². The molecule has 0 heterocycles. The zero-order valence-corrected chi connectivity index (χ0v) is 30.3. The van der Waals surface area contributed by atoms with E-state index < -0.39 is 69.2 Å². The van der Waals surface area contributed by atoms with E-state index >= 15 is 0 Å². The molecule has 1 aliphatic carbocycles. The molecule has 1 rings (SSSR count). The van der Waals surface area contributed by atoms with Crippen molar-refractivity contribution < 1.29 is 58.1 Å². The van der Waals surface area contributed by atoms with E-state index in [0.29, 0.717) is 31.6 Å². The van der Waals surface area contributed by atoms with Gasteiger partial charge in [-0.3, -0.25) is 18.9 Å². The highest BCUT2D eigenvalue weighted by Crippen LogP contribution is 2.37. The number of hydrogen-bond acceptors (Lipinski definition) is 10. The van der Waals surface area contributed by atoms with E-state index in [-0.39, 0.29) is 37.9 Å². The smallest absolute Gasteiger partial charge is 0.462 e. The molecule has 1 aliphatic rings. The summed E-state index contributed by atoms with van der Waals surface area (Å²) >= 11 is 0. The molecule has 0 aromatic heterocycles. The lowest BCUT2D eigenvalue weighted by Crippen LogP contribution is -2.29. The van der Waals surface area contributed by atoms with Crippen LogP contribution in [0.2, 0.25) is 0 Å². The van der Waals surface area contributed by atoms with Crippen LogP contribution in [0.4, 0.5) is 0 Å². The van der Waals surface area contributed by atoms with Crippen LogP contribution in [0.3, 0.4) is 0 Å². The number of carbonyl (C=O) groups excluding carboxylic acids is 3. The molecule has 13 heteroatoms. The van der Waals surface area contributed by atoms with Crippen molar-refractivity contribution in [3.63, 3.8) is 0 Å². The monoisotopic (exact) mass is 706 g/mol. The Morgan fingerprint density at radius 3 is 2.08 bits per heavy atom. The second kappa shape index (κ2) is 25.3. The molecular weight excluding hydrogens is 643 g/mol. The predicted octanol–water partition coefficient (Wildman–Crippen LogP) is 5.70. The first-order valence-electron chi connectivity index (χ1n) is 18.0. The number of aliphatic hydroxyl groups excluding tert-OH is 3. The number of hydrogen-bond donors (Lipinski definition) is 5. The van der Waals surface area contributed by atoms with Gasteiger partial charge >= 0.3 is 19.8 Å². The van der Waals surface area contributed by atoms with Crippen LogP contribution >= 0.6 is 7.82 Å². The minimum Gasteiger partial charge on any atom is -0.462 e. The first-order valence-corrected chi connectivity index (χ1v) is 19.5. The van der Waals surface area contributed by atoms with Gasteiger partial charge in [0.2, 0.25) is 0 Å². The third kappa shape index (κ3) is 22.1. The number of ketones is 1. The van der Waals surface area contributed by atoms with E-state index in [1.165, 1.54) is 19.3 Å². The van der Waals surface area contributed by atoms with Gasteiger partial charge in [-0.05, 0) is 31.6 Å². The zero-order valence-electron chi connectivity index (χ0n) is 29.4. The summed E-state index contributed by atoms with van der Waals surface area (Å²) in [4.78, 5) is 55.5. The quantitative estimate of drug-likeness (QED) is 0.0288. The number of unbranched alkanes of at least 4 members (excludes halogenated alkanes) is 8. The SMILES string of the molecule is CCCCC[C@H](O)/C=C/[C@@H]1[C@@H](CC(=O)CCCCC(=O)O[C@H](COC(=O)CCCCCCCCC(C)C)COP(=O)(O)O)[C@@H](O)C[C@H]1O. The molecule has 0 bridgehead atoms. The molecule has 280 valence electrons. The molecular formula is C35H63O12P. The number of rotatable bonds is 28. The fourth-order valence-electron chi connectivity index (χ4n) is 5.91. The van der Waals surface area contributed by atoms with Crippen molar-refractivity contribution in [2.45, 2.75) is 161 Å². The molecule has 5 N–H and O–H groups in total. The third-order valence-corrected chi connectivity index (χ3v) is 9.18. The van der Waals surface area contributed by atoms with Crippen LogP contribution in [0.25, 0.3) is 0 Å². The minimum atomic E-state index is -4.85. The summed E-state index contributed by atoms with van der Waals surface area (Å²) in [6.07, 6.45) is 11.9. The van der Waals surface area contributed by atoms with Gasteiger partial charge < -0.3 is 34.6 Å². The third-order valence-electron chi connectivity index (χ3n) is 8.69. The topological polar surface area (TPSA) is 197 Å². The van der Waals surface area contributed by atoms with Crippen molar-refractivity contribution in [3.05, 3.63) is 12.2 Å². The zero-order chi connectivity index (χ0) is 36.0. The predicted molar refractivity (Wildman–Crippen MR) is 182 cm³/mol. The normalized spacial score (nSPS) is 21.1. The van der Waals surface area contributed by atoms with Crippen molar-refractivity contribution in [2.24, 2.45) is 17.8 Å². The van der Waals surface area contributed by atoms with Gasteiger partial charge in [0.25, 0.3) is 0 Å². The van der Waals surface area contributed by atoms with Crippen LogP contribution in [-0.4, -0.2) is 80.5 Å². The molecule has 0 aliphatic heterocycles. The standard InChI is InChI=1S/C35H63O12P/c1-4-5-10-16-27(36)20-21-30-31(33(39)23-32(30)38)22-28(37)17-13-14-19-35(41)47-29(25-46-48(42,43)44)24-45-34(40)18-12-9-7-6-8-11-15-26(2)3/h20-21,26-27,29-33,36,38-39H,4-19,22-25H2,1-3H3,(H2,42,43,44)/b21-20+/t27-,29+,30+,31+,32+,33-/m0/s1. The summed E-state index contributed by atoms with van der Waals surface area (Å²) in [5.74, 6) is -1.50. The van der Waals surface area contributed by atoms with Crippen LogP contribution in [-0.2, 0) is 32.9 Å². The average molecular weight is 707 g/mol. The molecule has 0 unspecified atom stereocenters. The molecule has 0 saturated heterocycles. The Morgan fingerprint density at radius 2 is 1.42 bits per heavy atom. The van der Waals surface area contributed by atoms with E-state index in [1.54, 1.807) is 12.2 Å². The second-order valence-electron chi connectivity index (χ2n) is 13.6. The van der Waals surface area contributed by atoms with Crippen molar-refractivity contribution in [2.75, 3.05) is 13.2 Å². The van der Waals surface area contributed by atoms with Crippen molar-refractivity contribution in [1.29, 1.82) is 0 Å². The van der Waals surface area contributed by atoms with E-state index in [1.807, 2.05) is 0 Å². The summed E-state index contributed by atoms with van der Waals surface area (Å²) in [5, 5.41) is 31.1. The van der Waals surface area contributed by atoms with Crippen molar-refractivity contribution >= 4 is 25.5 Å². The van der Waals surface area contributed by atoms with Crippen molar-refractivity contribution in [1.82, 2.24) is 0 Å². The van der Waals surface area contributed by atoms with E-state index in [4.69, 9.17) is 19.3 Å². The summed E-state index contributed by atoms with van der Waals surface area (Å²) in [6, 6.07) is 0. The Bertz CT molecular complexity index is 981. The molecule has 6 atom stereocenters. The van der Waals surface area contributed by atoms with Crippen molar-refractivity contribution in [3.8, 4) is 0 Å². The highest BCUT2D eigenvalue weighted by atomic mass is 31.2. The Balaban J connectivity index is 2.43. The average Bonchev–Trinajstić information content (AvgIpc) is 3.27.